The van der Waals surface area contributed by atoms with Crippen molar-refractivity contribution in [3.05, 3.63) is 24.0 Å². The van der Waals surface area contributed by atoms with Crippen LogP contribution in [0.15, 0.2) is 18.5 Å². The first-order valence-electron chi connectivity index (χ1n) is 5.32. The summed E-state index contributed by atoms with van der Waals surface area (Å²) in [7, 11) is -1.43. The van der Waals surface area contributed by atoms with Gasteiger partial charge < -0.3 is 15.4 Å². The molecule has 0 amide bonds. The molecule has 4 nitrogen and oxygen atoms in total. The smallest absolute Gasteiger partial charge is 0.423 e. The molecule has 0 aromatic carbocycles. The molecule has 1 fully saturated rings. The zero-order valence-corrected chi connectivity index (χ0v) is 8.56. The van der Waals surface area contributed by atoms with Gasteiger partial charge in [0, 0.05) is 23.9 Å². The summed E-state index contributed by atoms with van der Waals surface area (Å²) >= 11 is 0. The first-order valence-corrected chi connectivity index (χ1v) is 5.32. The minimum Gasteiger partial charge on any atom is -0.423 e. The van der Waals surface area contributed by atoms with E-state index < -0.39 is 7.12 Å². The molecule has 80 valence electrons. The summed E-state index contributed by atoms with van der Waals surface area (Å²) < 4.78 is 0. The van der Waals surface area contributed by atoms with Crippen LogP contribution in [0.4, 0.5) is 0 Å². The van der Waals surface area contributed by atoms with E-state index in [1.54, 1.807) is 12.3 Å². The van der Waals surface area contributed by atoms with Crippen LogP contribution in [0.5, 0.6) is 0 Å². The molecule has 1 aromatic heterocycles. The highest BCUT2D eigenvalue weighted by atomic mass is 16.4. The van der Waals surface area contributed by atoms with Crippen LogP contribution in [-0.4, -0.2) is 28.7 Å². The molecule has 1 aliphatic heterocycles. The van der Waals surface area contributed by atoms with Crippen LogP contribution >= 0.6 is 0 Å². The summed E-state index contributed by atoms with van der Waals surface area (Å²) in [6, 6.07) is 2.12. The lowest BCUT2D eigenvalue weighted by molar-refractivity contribution is 0.410. The molecule has 15 heavy (non-hydrogen) atoms. The zero-order chi connectivity index (χ0) is 10.7. The van der Waals surface area contributed by atoms with Crippen LogP contribution in [0.3, 0.4) is 0 Å². The molecular formula is C10H15BN2O2. The van der Waals surface area contributed by atoms with Gasteiger partial charge in [0.25, 0.3) is 0 Å². The quantitative estimate of drug-likeness (QED) is 0.575. The number of nitrogens with one attached hydrogen (secondary N) is 1. The Hall–Kier alpha value is -0.905. The normalized spacial score (nSPS) is 21.3. The van der Waals surface area contributed by atoms with Crippen molar-refractivity contribution in [1.82, 2.24) is 10.3 Å². The average molecular weight is 206 g/mol. The van der Waals surface area contributed by atoms with Crippen LogP contribution in [0, 0.1) is 0 Å². The number of rotatable bonds is 2. The van der Waals surface area contributed by atoms with E-state index in [0.29, 0.717) is 11.5 Å². The van der Waals surface area contributed by atoms with Crippen LogP contribution in [0.2, 0.25) is 0 Å². The molecular weight excluding hydrogens is 191 g/mol. The molecule has 1 unspecified atom stereocenters. The van der Waals surface area contributed by atoms with Crippen LogP contribution in [-0.2, 0) is 0 Å². The Labute approximate surface area is 89.5 Å². The van der Waals surface area contributed by atoms with Crippen molar-refractivity contribution < 1.29 is 10.0 Å². The Kier molecular flexibility index (Phi) is 3.35. The van der Waals surface area contributed by atoms with Gasteiger partial charge in [-0.15, -0.1) is 0 Å². The second-order valence-electron chi connectivity index (χ2n) is 3.93. The predicted octanol–water partition coefficient (Wildman–Crippen LogP) is -0.424. The fraction of sp³-hybridized carbons (Fsp3) is 0.500. The predicted molar refractivity (Wildman–Crippen MR) is 58.7 cm³/mol. The molecule has 0 saturated carbocycles. The summed E-state index contributed by atoms with van der Waals surface area (Å²) in [6.07, 6.45) is 6.79. The second kappa shape index (κ2) is 4.74. The molecule has 0 spiro atoms. The lowest BCUT2D eigenvalue weighted by Gasteiger charge is -2.23. The van der Waals surface area contributed by atoms with Crippen LogP contribution in [0.25, 0.3) is 0 Å². The van der Waals surface area contributed by atoms with Gasteiger partial charge in [0.15, 0.2) is 0 Å². The first-order chi connectivity index (χ1) is 7.27. The number of piperidine rings is 1. The van der Waals surface area contributed by atoms with Crippen molar-refractivity contribution in [2.45, 2.75) is 25.3 Å². The minimum atomic E-state index is -1.43. The standard InChI is InChI=1S/C10H15BN2O2/c14-11(15)9-5-8(6-12-7-9)10-3-1-2-4-13-10/h5-7,10,13-15H,1-4H2. The van der Waals surface area contributed by atoms with Crippen LogP contribution < -0.4 is 10.8 Å². The highest BCUT2D eigenvalue weighted by molar-refractivity contribution is 6.58. The van der Waals surface area contributed by atoms with Crippen molar-refractivity contribution in [3.63, 3.8) is 0 Å². The largest absolute Gasteiger partial charge is 0.490 e. The summed E-state index contributed by atoms with van der Waals surface area (Å²) in [5, 5.41) is 21.5. The molecule has 1 saturated heterocycles. The van der Waals surface area contributed by atoms with Crippen molar-refractivity contribution >= 4 is 12.6 Å². The number of aromatic nitrogens is 1. The Bertz CT molecular complexity index is 327. The maximum absolute atomic E-state index is 9.04. The summed E-state index contributed by atoms with van der Waals surface area (Å²) in [6.45, 7) is 1.02. The highest BCUT2D eigenvalue weighted by Crippen LogP contribution is 2.21. The number of pyridine rings is 1. The third-order valence-corrected chi connectivity index (χ3v) is 2.79. The van der Waals surface area contributed by atoms with Gasteiger partial charge in [-0.05, 0) is 24.9 Å². The van der Waals surface area contributed by atoms with Gasteiger partial charge in [-0.2, -0.15) is 0 Å². The number of hydrogen-bond acceptors (Lipinski definition) is 4. The van der Waals surface area contributed by atoms with Gasteiger partial charge in [-0.1, -0.05) is 12.5 Å². The Balaban J connectivity index is 2.16. The third kappa shape index (κ3) is 2.56. The van der Waals surface area contributed by atoms with Gasteiger partial charge in [0.05, 0.1) is 0 Å². The molecule has 0 radical (unpaired) electrons. The minimum absolute atomic E-state index is 0.310. The Morgan fingerprint density at radius 1 is 1.33 bits per heavy atom. The Morgan fingerprint density at radius 3 is 2.87 bits per heavy atom. The van der Waals surface area contributed by atoms with Crippen molar-refractivity contribution in [2.75, 3.05) is 6.54 Å². The summed E-state index contributed by atoms with van der Waals surface area (Å²) in [5.74, 6) is 0. The molecule has 1 aromatic rings. The molecule has 0 bridgehead atoms. The molecule has 3 N–H and O–H groups in total. The van der Waals surface area contributed by atoms with E-state index in [1.807, 2.05) is 0 Å². The number of hydrogen-bond donors (Lipinski definition) is 3. The van der Waals surface area contributed by atoms with E-state index in [4.69, 9.17) is 10.0 Å². The Morgan fingerprint density at radius 2 is 2.20 bits per heavy atom. The third-order valence-electron chi connectivity index (χ3n) is 2.79. The van der Waals surface area contributed by atoms with Gasteiger partial charge in [0.1, 0.15) is 0 Å². The summed E-state index contributed by atoms with van der Waals surface area (Å²) in [4.78, 5) is 4.02. The van der Waals surface area contributed by atoms with Gasteiger partial charge in [-0.25, -0.2) is 0 Å². The lowest BCUT2D eigenvalue weighted by atomic mass is 9.80. The van der Waals surface area contributed by atoms with Gasteiger partial charge in [0.2, 0.25) is 0 Å². The van der Waals surface area contributed by atoms with Crippen LogP contribution in [0.1, 0.15) is 30.9 Å². The molecule has 2 heterocycles. The molecule has 0 aliphatic carbocycles. The maximum Gasteiger partial charge on any atom is 0.490 e. The van der Waals surface area contributed by atoms with E-state index in [-0.39, 0.29) is 0 Å². The second-order valence-corrected chi connectivity index (χ2v) is 3.93. The van der Waals surface area contributed by atoms with E-state index in [1.165, 1.54) is 19.0 Å². The molecule has 1 aliphatic rings. The highest BCUT2D eigenvalue weighted by Gasteiger charge is 2.17. The topological polar surface area (TPSA) is 65.4 Å². The van der Waals surface area contributed by atoms with E-state index in [2.05, 4.69) is 10.3 Å². The fourth-order valence-corrected chi connectivity index (χ4v) is 1.94. The van der Waals surface area contributed by atoms with Crippen molar-refractivity contribution in [3.8, 4) is 0 Å². The molecule has 5 heteroatoms. The maximum atomic E-state index is 9.04. The average Bonchev–Trinajstić information content (AvgIpc) is 2.30. The van der Waals surface area contributed by atoms with E-state index in [9.17, 15) is 0 Å². The van der Waals surface area contributed by atoms with Crippen molar-refractivity contribution in [1.29, 1.82) is 0 Å². The van der Waals surface area contributed by atoms with E-state index in [0.717, 1.165) is 18.5 Å². The first kappa shape index (κ1) is 10.6. The fourth-order valence-electron chi connectivity index (χ4n) is 1.94. The SMILES string of the molecule is OB(O)c1cncc(C2CCCCN2)c1. The van der Waals surface area contributed by atoms with Gasteiger partial charge >= 0.3 is 7.12 Å². The summed E-state index contributed by atoms with van der Waals surface area (Å²) in [5.41, 5.74) is 1.50. The molecule has 2 rings (SSSR count). The zero-order valence-electron chi connectivity index (χ0n) is 8.56. The van der Waals surface area contributed by atoms with Gasteiger partial charge in [-0.3, -0.25) is 4.98 Å². The lowest BCUT2D eigenvalue weighted by Crippen LogP contribution is -2.32. The number of nitrogens with zero attached hydrogens (tertiary/aromatic N) is 1. The monoisotopic (exact) mass is 206 g/mol. The molecule has 1 atom stereocenters. The van der Waals surface area contributed by atoms with E-state index >= 15 is 0 Å². The van der Waals surface area contributed by atoms with Crippen molar-refractivity contribution in [2.24, 2.45) is 0 Å².